The van der Waals surface area contributed by atoms with Gasteiger partial charge in [-0.15, -0.1) is 0 Å². The van der Waals surface area contributed by atoms with Gasteiger partial charge in [-0.1, -0.05) is 55.2 Å². The monoisotopic (exact) mass is 613 g/mol. The van der Waals surface area contributed by atoms with Crippen LogP contribution in [0.2, 0.25) is 10.2 Å². The highest BCUT2D eigenvalue weighted by molar-refractivity contribution is 6.31. The molecule has 1 amide bonds. The number of rotatable bonds is 4. The predicted molar refractivity (Wildman–Crippen MR) is 167 cm³/mol. The summed E-state index contributed by atoms with van der Waals surface area (Å²) >= 11 is 12.3. The molecule has 0 aliphatic carbocycles. The fourth-order valence-electron chi connectivity index (χ4n) is 4.91. The van der Waals surface area contributed by atoms with E-state index in [1.807, 2.05) is 44.2 Å². The lowest BCUT2D eigenvalue weighted by atomic mass is 9.91. The molecular weight excluding hydrogens is 577 g/mol. The number of hydrogen-bond donors (Lipinski definition) is 2. The Bertz CT molecular complexity index is 1500. The molecule has 0 radical (unpaired) electrons. The maximum Gasteiger partial charge on any atom is 0.262 e. The van der Waals surface area contributed by atoms with E-state index in [-0.39, 0.29) is 18.0 Å². The molecular formula is C31H37Cl2N5O4. The highest BCUT2D eigenvalue weighted by Gasteiger charge is 2.35. The van der Waals surface area contributed by atoms with E-state index in [4.69, 9.17) is 27.9 Å². The number of ether oxygens (including phenoxy) is 1. The van der Waals surface area contributed by atoms with Crippen molar-refractivity contribution < 1.29 is 14.6 Å². The Kier molecular flexibility index (Phi) is 11.2. The summed E-state index contributed by atoms with van der Waals surface area (Å²) in [6.07, 6.45) is 2.15. The third-order valence-electron chi connectivity index (χ3n) is 7.14. The quantitative estimate of drug-likeness (QED) is 0.343. The number of aromatic nitrogens is 3. The highest BCUT2D eigenvalue weighted by atomic mass is 35.5. The van der Waals surface area contributed by atoms with E-state index in [9.17, 15) is 14.7 Å². The Balaban J connectivity index is 0.000000445. The summed E-state index contributed by atoms with van der Waals surface area (Å²) in [5, 5.41) is 15.7. The highest BCUT2D eigenvalue weighted by Crippen LogP contribution is 2.27. The van der Waals surface area contributed by atoms with Gasteiger partial charge in [-0.2, -0.15) is 0 Å². The summed E-state index contributed by atoms with van der Waals surface area (Å²) in [7, 11) is 0. The van der Waals surface area contributed by atoms with Gasteiger partial charge in [0.15, 0.2) is 5.65 Å². The summed E-state index contributed by atoms with van der Waals surface area (Å²) in [5.41, 5.74) is 0.438. The number of hydrogen-bond acceptors (Lipinski definition) is 6. The summed E-state index contributed by atoms with van der Waals surface area (Å²) in [5.74, 6) is -0.101. The number of benzene rings is 2. The largest absolute Gasteiger partial charge is 0.388 e. The number of morpholine rings is 1. The first kappa shape index (κ1) is 31.7. The van der Waals surface area contributed by atoms with Crippen LogP contribution in [0.25, 0.3) is 16.7 Å². The number of amides is 1. The van der Waals surface area contributed by atoms with E-state index < -0.39 is 5.60 Å². The van der Waals surface area contributed by atoms with Crippen LogP contribution in [0.1, 0.15) is 37.0 Å². The third kappa shape index (κ3) is 7.59. The number of halogens is 2. The Morgan fingerprint density at radius 2 is 1.67 bits per heavy atom. The molecule has 0 saturated carbocycles. The van der Waals surface area contributed by atoms with Crippen LogP contribution in [0.4, 0.5) is 0 Å². The van der Waals surface area contributed by atoms with Crippen molar-refractivity contribution in [1.82, 2.24) is 24.3 Å². The average Bonchev–Trinajstić information content (AvgIpc) is 3.38. The summed E-state index contributed by atoms with van der Waals surface area (Å²) < 4.78 is 8.15. The number of carbonyl (C=O) groups is 1. The van der Waals surface area contributed by atoms with Gasteiger partial charge in [0.1, 0.15) is 11.5 Å². The van der Waals surface area contributed by atoms with Crippen molar-refractivity contribution in [3.05, 3.63) is 93.1 Å². The van der Waals surface area contributed by atoms with Crippen LogP contribution < -0.4 is 10.9 Å². The normalized spacial score (nSPS) is 16.2. The zero-order valence-electron chi connectivity index (χ0n) is 23.9. The number of likely N-dealkylation sites (tertiary alicyclic amines) is 1. The topological polar surface area (TPSA) is 102 Å². The average molecular weight is 615 g/mol. The molecule has 2 aromatic heterocycles. The Hall–Kier alpha value is -3.21. The molecule has 11 heteroatoms. The van der Waals surface area contributed by atoms with Gasteiger partial charge in [0, 0.05) is 42.5 Å². The molecule has 4 heterocycles. The minimum atomic E-state index is -1.12. The second-order valence-electron chi connectivity index (χ2n) is 9.94. The van der Waals surface area contributed by atoms with Crippen LogP contribution in [-0.4, -0.2) is 75.0 Å². The Morgan fingerprint density at radius 1 is 1.02 bits per heavy atom. The molecule has 2 saturated heterocycles. The zero-order valence-corrected chi connectivity index (χ0v) is 25.4. The van der Waals surface area contributed by atoms with E-state index >= 15 is 0 Å². The number of piperidine rings is 1. The minimum absolute atomic E-state index is 0.0892. The maximum absolute atomic E-state index is 13.2. The molecule has 0 unspecified atom stereocenters. The summed E-state index contributed by atoms with van der Waals surface area (Å²) in [6.45, 7) is 8.70. The first-order valence-corrected chi connectivity index (χ1v) is 15.0. The molecule has 42 heavy (non-hydrogen) atoms. The smallest absolute Gasteiger partial charge is 0.262 e. The second-order valence-corrected chi connectivity index (χ2v) is 10.8. The lowest BCUT2D eigenvalue weighted by molar-refractivity contribution is -0.0299. The van der Waals surface area contributed by atoms with Crippen LogP contribution in [-0.2, 0) is 11.3 Å². The molecule has 6 rings (SSSR count). The van der Waals surface area contributed by atoms with Crippen LogP contribution in [0.5, 0.6) is 0 Å². The third-order valence-corrected chi connectivity index (χ3v) is 7.67. The van der Waals surface area contributed by atoms with Gasteiger partial charge in [0.25, 0.3) is 11.5 Å². The molecule has 4 aromatic rings. The number of aliphatic hydroxyl groups is 1. The molecule has 0 bridgehead atoms. The van der Waals surface area contributed by atoms with Crippen molar-refractivity contribution in [2.45, 2.75) is 38.8 Å². The first-order chi connectivity index (χ1) is 20.3. The van der Waals surface area contributed by atoms with Gasteiger partial charge in [-0.25, -0.2) is 4.98 Å². The summed E-state index contributed by atoms with van der Waals surface area (Å²) in [4.78, 5) is 32.1. The van der Waals surface area contributed by atoms with Crippen LogP contribution in [0, 0.1) is 0 Å². The van der Waals surface area contributed by atoms with Crippen LogP contribution in [0.3, 0.4) is 0 Å². The fraction of sp³-hybridized carbons (Fsp3) is 0.387. The Labute approximate surface area is 255 Å². The molecule has 224 valence electrons. The molecule has 2 aliphatic heterocycles. The van der Waals surface area contributed by atoms with E-state index in [0.717, 1.165) is 32.0 Å². The number of fused-ring (bicyclic) bond motifs is 1. The molecule has 0 spiro atoms. The molecule has 2 aliphatic rings. The van der Waals surface area contributed by atoms with Gasteiger partial charge in [-0.05, 0) is 55.3 Å². The number of carbonyl (C=O) groups excluding carboxylic acids is 1. The van der Waals surface area contributed by atoms with Crippen molar-refractivity contribution in [2.24, 2.45) is 0 Å². The van der Waals surface area contributed by atoms with E-state index in [1.54, 1.807) is 39.8 Å². The SMILES string of the molecule is C1COCCN1.CC.O=C(c1ccc(Cl)cc1)N1CCC(O)(Cn2cnc3c(cc(Cl)n3-c3ccccc3)c2=O)CC1. The minimum Gasteiger partial charge on any atom is -0.388 e. The van der Waals surface area contributed by atoms with E-state index in [1.165, 1.54) is 10.9 Å². The van der Waals surface area contributed by atoms with Crippen molar-refractivity contribution >= 4 is 40.1 Å². The summed E-state index contributed by atoms with van der Waals surface area (Å²) in [6, 6.07) is 17.8. The van der Waals surface area contributed by atoms with Gasteiger partial charge >= 0.3 is 0 Å². The Morgan fingerprint density at radius 3 is 2.24 bits per heavy atom. The predicted octanol–water partition coefficient (Wildman–Crippen LogP) is 4.79. The molecule has 2 fully saturated rings. The lowest BCUT2D eigenvalue weighted by Crippen LogP contribution is -2.49. The molecule has 2 aromatic carbocycles. The molecule has 2 N–H and O–H groups in total. The van der Waals surface area contributed by atoms with E-state index in [0.29, 0.717) is 52.7 Å². The fourth-order valence-corrected chi connectivity index (χ4v) is 5.33. The molecule has 0 atom stereocenters. The number of nitrogens with one attached hydrogen (secondary N) is 1. The van der Waals surface area contributed by atoms with Crippen molar-refractivity contribution in [2.75, 3.05) is 39.4 Å². The van der Waals surface area contributed by atoms with Crippen LogP contribution >= 0.6 is 23.2 Å². The van der Waals surface area contributed by atoms with Gasteiger partial charge in [-0.3, -0.25) is 18.7 Å². The number of nitrogens with zero attached hydrogens (tertiary/aromatic N) is 4. The zero-order chi connectivity index (χ0) is 30.1. The van der Waals surface area contributed by atoms with E-state index in [2.05, 4.69) is 10.3 Å². The van der Waals surface area contributed by atoms with Gasteiger partial charge < -0.3 is 20.1 Å². The van der Waals surface area contributed by atoms with Gasteiger partial charge in [0.05, 0.1) is 30.7 Å². The standard InChI is InChI=1S/C25H22Cl2N4O3.C4H9NO.C2H6/c26-18-8-6-17(7-9-18)23(32)29-12-10-25(34,11-13-29)15-30-16-28-22-20(24(30)33)14-21(27)31(22)19-4-2-1-3-5-19;1-3-6-4-2-5-1;1-2/h1-9,14,16,34H,10-13,15H2;5H,1-4H2;1-2H3. The second kappa shape index (κ2) is 14.8. The molecule has 9 nitrogen and oxygen atoms in total. The number of para-hydroxylation sites is 1. The lowest BCUT2D eigenvalue weighted by Gasteiger charge is -2.38. The van der Waals surface area contributed by atoms with Gasteiger partial charge in [0.2, 0.25) is 0 Å². The maximum atomic E-state index is 13.2. The van der Waals surface area contributed by atoms with Crippen molar-refractivity contribution in [3.8, 4) is 5.69 Å². The first-order valence-electron chi connectivity index (χ1n) is 14.2. The van der Waals surface area contributed by atoms with Crippen molar-refractivity contribution in [1.29, 1.82) is 0 Å². The van der Waals surface area contributed by atoms with Crippen molar-refractivity contribution in [3.63, 3.8) is 0 Å². The van der Waals surface area contributed by atoms with Crippen LogP contribution in [0.15, 0.2) is 71.8 Å².